The molecule has 1 aliphatic rings. The van der Waals surface area contributed by atoms with E-state index in [1.165, 1.54) is 16.2 Å². The molecule has 6 heteroatoms. The topological polar surface area (TPSA) is 70.5 Å². The number of carbonyl (C=O) groups excluding carboxylic acids is 1. The minimum Gasteiger partial charge on any atom is -0.480 e. The molecule has 1 saturated heterocycles. The molecule has 0 aliphatic carbocycles. The fourth-order valence-electron chi connectivity index (χ4n) is 1.88. The minimum absolute atomic E-state index is 0.262. The zero-order valence-corrected chi connectivity index (χ0v) is 9.44. The Balaban J connectivity index is 2.17. The maximum absolute atomic E-state index is 12.0. The van der Waals surface area contributed by atoms with Crippen molar-refractivity contribution in [3.8, 4) is 0 Å². The molecule has 86 valence electrons. The van der Waals surface area contributed by atoms with Crippen molar-refractivity contribution in [3.63, 3.8) is 0 Å². The van der Waals surface area contributed by atoms with Crippen LogP contribution in [0.25, 0.3) is 0 Å². The van der Waals surface area contributed by atoms with Gasteiger partial charge < -0.3 is 10.0 Å². The lowest BCUT2D eigenvalue weighted by Crippen LogP contribution is -2.47. The molecule has 0 spiro atoms. The molecule has 1 atom stereocenters. The monoisotopic (exact) mass is 240 g/mol. The van der Waals surface area contributed by atoms with Crippen LogP contribution in [0.1, 0.15) is 29.1 Å². The summed E-state index contributed by atoms with van der Waals surface area (Å²) in [5, 5.41) is 11.1. The Bertz CT molecular complexity index is 391. The maximum atomic E-state index is 12.0. The number of rotatable bonds is 2. The zero-order valence-electron chi connectivity index (χ0n) is 8.63. The Kier molecular flexibility index (Phi) is 3.19. The van der Waals surface area contributed by atoms with E-state index in [1.807, 2.05) is 0 Å². The van der Waals surface area contributed by atoms with Crippen LogP contribution in [0.2, 0.25) is 0 Å². The molecule has 2 rings (SSSR count). The van der Waals surface area contributed by atoms with E-state index in [1.54, 1.807) is 11.6 Å². The van der Waals surface area contributed by atoms with Gasteiger partial charge in [-0.1, -0.05) is 0 Å². The lowest BCUT2D eigenvalue weighted by atomic mass is 10.0. The van der Waals surface area contributed by atoms with Gasteiger partial charge in [-0.3, -0.25) is 4.79 Å². The highest BCUT2D eigenvalue weighted by molar-refractivity contribution is 7.11. The number of likely N-dealkylation sites (tertiary alicyclic amines) is 1. The van der Waals surface area contributed by atoms with Gasteiger partial charge in [0.1, 0.15) is 6.04 Å². The number of aliphatic carboxylic acids is 1. The van der Waals surface area contributed by atoms with E-state index in [-0.39, 0.29) is 5.91 Å². The molecule has 0 aromatic carbocycles. The first-order chi connectivity index (χ1) is 7.70. The average Bonchev–Trinajstić information content (AvgIpc) is 2.81. The molecule has 0 radical (unpaired) electrons. The predicted molar refractivity (Wildman–Crippen MR) is 58.4 cm³/mol. The van der Waals surface area contributed by atoms with Crippen molar-refractivity contribution in [1.82, 2.24) is 9.88 Å². The summed E-state index contributed by atoms with van der Waals surface area (Å²) in [6, 6.07) is -0.690. The number of nitrogens with zero attached hydrogens (tertiary/aromatic N) is 2. The molecular formula is C10H12N2O3S. The average molecular weight is 240 g/mol. The van der Waals surface area contributed by atoms with E-state index < -0.39 is 12.0 Å². The second-order valence-corrected chi connectivity index (χ2v) is 4.58. The molecule has 2 heterocycles. The van der Waals surface area contributed by atoms with Gasteiger partial charge in [0.15, 0.2) is 5.01 Å². The first kappa shape index (κ1) is 11.1. The Morgan fingerprint density at radius 3 is 2.94 bits per heavy atom. The van der Waals surface area contributed by atoms with Gasteiger partial charge in [-0.25, -0.2) is 9.78 Å². The van der Waals surface area contributed by atoms with Gasteiger partial charge in [0.25, 0.3) is 5.91 Å². The summed E-state index contributed by atoms with van der Waals surface area (Å²) in [5.41, 5.74) is 0. The van der Waals surface area contributed by atoms with Gasteiger partial charge in [0, 0.05) is 18.1 Å². The number of amides is 1. The van der Waals surface area contributed by atoms with E-state index in [2.05, 4.69) is 4.98 Å². The summed E-state index contributed by atoms with van der Waals surface area (Å²) in [6.45, 7) is 0.509. The van der Waals surface area contributed by atoms with Crippen molar-refractivity contribution in [3.05, 3.63) is 16.6 Å². The van der Waals surface area contributed by atoms with E-state index in [0.717, 1.165) is 12.8 Å². The summed E-state index contributed by atoms with van der Waals surface area (Å²) < 4.78 is 0. The van der Waals surface area contributed by atoms with Crippen LogP contribution in [0.3, 0.4) is 0 Å². The van der Waals surface area contributed by atoms with Gasteiger partial charge in [-0.15, -0.1) is 11.3 Å². The SMILES string of the molecule is O=C(O)C1CCCCN1C(=O)c1nccs1. The normalized spacial score (nSPS) is 20.8. The molecule has 5 nitrogen and oxygen atoms in total. The number of thiazole rings is 1. The molecular weight excluding hydrogens is 228 g/mol. The van der Waals surface area contributed by atoms with Crippen LogP contribution in [0.5, 0.6) is 0 Å². The highest BCUT2D eigenvalue weighted by Gasteiger charge is 2.33. The standard InChI is InChI=1S/C10H12N2O3S/c13-9(8-11-4-6-16-8)12-5-2-1-3-7(12)10(14)15/h4,6-7H,1-3,5H2,(H,14,15). The third kappa shape index (κ3) is 2.06. The van der Waals surface area contributed by atoms with Crippen molar-refractivity contribution >= 4 is 23.2 Å². The van der Waals surface area contributed by atoms with Gasteiger partial charge >= 0.3 is 5.97 Å². The van der Waals surface area contributed by atoms with E-state index in [0.29, 0.717) is 18.0 Å². The first-order valence-electron chi connectivity index (χ1n) is 5.13. The quantitative estimate of drug-likeness (QED) is 0.843. The third-order valence-corrected chi connectivity index (χ3v) is 3.43. The fraction of sp³-hybridized carbons (Fsp3) is 0.500. The zero-order chi connectivity index (χ0) is 11.5. The summed E-state index contributed by atoms with van der Waals surface area (Å²) in [7, 11) is 0. The van der Waals surface area contributed by atoms with Gasteiger partial charge in [-0.05, 0) is 19.3 Å². The van der Waals surface area contributed by atoms with Crippen molar-refractivity contribution in [1.29, 1.82) is 0 Å². The Morgan fingerprint density at radius 1 is 1.50 bits per heavy atom. The highest BCUT2D eigenvalue weighted by Crippen LogP contribution is 2.20. The van der Waals surface area contributed by atoms with Crippen molar-refractivity contribution in [2.45, 2.75) is 25.3 Å². The molecule has 16 heavy (non-hydrogen) atoms. The molecule has 0 bridgehead atoms. The number of piperidine rings is 1. The van der Waals surface area contributed by atoms with Crippen molar-refractivity contribution < 1.29 is 14.7 Å². The number of carbonyl (C=O) groups is 2. The Hall–Kier alpha value is -1.43. The van der Waals surface area contributed by atoms with Gasteiger partial charge in [-0.2, -0.15) is 0 Å². The Labute approximate surface area is 96.7 Å². The number of hydrogen-bond acceptors (Lipinski definition) is 4. The highest BCUT2D eigenvalue weighted by atomic mass is 32.1. The summed E-state index contributed by atoms with van der Waals surface area (Å²) in [4.78, 5) is 28.4. The maximum Gasteiger partial charge on any atom is 0.326 e. The fourth-order valence-corrected chi connectivity index (χ4v) is 2.47. The van der Waals surface area contributed by atoms with Crippen LogP contribution >= 0.6 is 11.3 Å². The lowest BCUT2D eigenvalue weighted by molar-refractivity contribution is -0.143. The van der Waals surface area contributed by atoms with E-state index in [9.17, 15) is 9.59 Å². The molecule has 1 aromatic heterocycles. The van der Waals surface area contributed by atoms with E-state index >= 15 is 0 Å². The van der Waals surface area contributed by atoms with Crippen LogP contribution in [0, 0.1) is 0 Å². The number of hydrogen-bond donors (Lipinski definition) is 1. The van der Waals surface area contributed by atoms with Gasteiger partial charge in [0.2, 0.25) is 0 Å². The number of carboxylic acids is 1. The second kappa shape index (κ2) is 4.61. The summed E-state index contributed by atoms with van der Waals surface area (Å²) in [6.07, 6.45) is 3.81. The van der Waals surface area contributed by atoms with Crippen LogP contribution in [-0.4, -0.2) is 39.5 Å². The molecule has 1 aromatic rings. The third-order valence-electron chi connectivity index (χ3n) is 2.66. The molecule has 1 fully saturated rings. The molecule has 1 N–H and O–H groups in total. The van der Waals surface area contributed by atoms with Crippen molar-refractivity contribution in [2.75, 3.05) is 6.54 Å². The molecule has 1 aliphatic heterocycles. The molecule has 0 saturated carbocycles. The first-order valence-corrected chi connectivity index (χ1v) is 6.01. The number of carboxylic acid groups (broad SMARTS) is 1. The predicted octanol–water partition coefficient (Wildman–Crippen LogP) is 1.22. The van der Waals surface area contributed by atoms with Crippen LogP contribution in [0.15, 0.2) is 11.6 Å². The van der Waals surface area contributed by atoms with Crippen LogP contribution in [0.4, 0.5) is 0 Å². The summed E-state index contributed by atoms with van der Waals surface area (Å²) in [5.74, 6) is -1.19. The molecule has 1 unspecified atom stereocenters. The minimum atomic E-state index is -0.926. The van der Waals surface area contributed by atoms with Crippen molar-refractivity contribution in [2.24, 2.45) is 0 Å². The summed E-state index contributed by atoms with van der Waals surface area (Å²) >= 11 is 1.24. The smallest absolute Gasteiger partial charge is 0.326 e. The second-order valence-electron chi connectivity index (χ2n) is 3.69. The van der Waals surface area contributed by atoms with Crippen LogP contribution < -0.4 is 0 Å². The number of aromatic nitrogens is 1. The lowest BCUT2D eigenvalue weighted by Gasteiger charge is -2.32. The van der Waals surface area contributed by atoms with Gasteiger partial charge in [0.05, 0.1) is 0 Å². The van der Waals surface area contributed by atoms with Crippen LogP contribution in [-0.2, 0) is 4.79 Å². The largest absolute Gasteiger partial charge is 0.480 e. The Morgan fingerprint density at radius 2 is 2.31 bits per heavy atom. The van der Waals surface area contributed by atoms with E-state index in [4.69, 9.17) is 5.11 Å². The molecule has 1 amide bonds.